The standard InChI is InChI=1S/C17H26N2O2/c1-3-17(4-2,12-18)16(20)19-14-7-9-15(10-8-14)21-11-13-5-6-13/h7-10,13H,3-6,11-12,18H2,1-2H3,(H,19,20). The molecule has 0 aromatic heterocycles. The van der Waals surface area contributed by atoms with E-state index in [1.165, 1.54) is 12.8 Å². The van der Waals surface area contributed by atoms with E-state index in [0.717, 1.165) is 36.8 Å². The first-order valence-electron chi connectivity index (χ1n) is 7.88. The van der Waals surface area contributed by atoms with Gasteiger partial charge < -0.3 is 15.8 Å². The predicted molar refractivity (Wildman–Crippen MR) is 85.4 cm³/mol. The van der Waals surface area contributed by atoms with Crippen LogP contribution in [0.1, 0.15) is 39.5 Å². The monoisotopic (exact) mass is 290 g/mol. The van der Waals surface area contributed by atoms with E-state index < -0.39 is 5.41 Å². The number of amides is 1. The van der Waals surface area contributed by atoms with Crippen molar-refractivity contribution < 1.29 is 9.53 Å². The van der Waals surface area contributed by atoms with Crippen molar-refractivity contribution in [1.29, 1.82) is 0 Å². The molecule has 116 valence electrons. The number of benzene rings is 1. The Hall–Kier alpha value is -1.55. The minimum absolute atomic E-state index is 0.00153. The first-order chi connectivity index (χ1) is 10.1. The Kier molecular flexibility index (Phi) is 5.23. The van der Waals surface area contributed by atoms with Gasteiger partial charge in [0, 0.05) is 12.2 Å². The van der Waals surface area contributed by atoms with E-state index in [2.05, 4.69) is 5.32 Å². The molecule has 1 aromatic rings. The van der Waals surface area contributed by atoms with Crippen molar-refractivity contribution in [3.63, 3.8) is 0 Å². The number of rotatable bonds is 8. The zero-order chi connectivity index (χ0) is 15.3. The van der Waals surface area contributed by atoms with Gasteiger partial charge in [0.25, 0.3) is 0 Å². The normalized spacial score (nSPS) is 14.8. The molecular weight excluding hydrogens is 264 g/mol. The molecule has 0 atom stereocenters. The van der Waals surface area contributed by atoms with Crippen molar-refractivity contribution in [3.8, 4) is 5.75 Å². The first-order valence-corrected chi connectivity index (χ1v) is 7.88. The summed E-state index contributed by atoms with van der Waals surface area (Å²) in [5.74, 6) is 1.60. The van der Waals surface area contributed by atoms with E-state index in [-0.39, 0.29) is 5.91 Å². The van der Waals surface area contributed by atoms with Gasteiger partial charge in [-0.3, -0.25) is 4.79 Å². The van der Waals surface area contributed by atoms with E-state index in [0.29, 0.717) is 6.54 Å². The SMILES string of the molecule is CCC(CC)(CN)C(=O)Nc1ccc(OCC2CC2)cc1. The molecule has 1 aromatic carbocycles. The fraction of sp³-hybridized carbons (Fsp3) is 0.588. The summed E-state index contributed by atoms with van der Waals surface area (Å²) in [6.07, 6.45) is 4.05. The van der Waals surface area contributed by atoms with Crippen LogP contribution in [-0.2, 0) is 4.79 Å². The zero-order valence-electron chi connectivity index (χ0n) is 13.0. The zero-order valence-corrected chi connectivity index (χ0v) is 13.0. The molecule has 1 saturated carbocycles. The van der Waals surface area contributed by atoms with Crippen LogP contribution >= 0.6 is 0 Å². The fourth-order valence-electron chi connectivity index (χ4n) is 2.35. The third-order valence-corrected chi connectivity index (χ3v) is 4.52. The van der Waals surface area contributed by atoms with Crippen molar-refractivity contribution in [2.24, 2.45) is 17.1 Å². The quantitative estimate of drug-likeness (QED) is 0.773. The van der Waals surface area contributed by atoms with E-state index in [1.807, 2.05) is 38.1 Å². The average molecular weight is 290 g/mol. The number of ether oxygens (including phenoxy) is 1. The molecule has 4 heteroatoms. The molecule has 21 heavy (non-hydrogen) atoms. The Labute approximate surface area is 127 Å². The largest absolute Gasteiger partial charge is 0.493 e. The summed E-state index contributed by atoms with van der Waals surface area (Å²) in [6.45, 7) is 5.18. The predicted octanol–water partition coefficient (Wildman–Crippen LogP) is 3.18. The minimum Gasteiger partial charge on any atom is -0.493 e. The number of carbonyl (C=O) groups is 1. The lowest BCUT2D eigenvalue weighted by Crippen LogP contribution is -2.41. The molecule has 0 aliphatic heterocycles. The first kappa shape index (κ1) is 15.8. The maximum absolute atomic E-state index is 12.4. The molecule has 0 heterocycles. The molecule has 0 bridgehead atoms. The summed E-state index contributed by atoms with van der Waals surface area (Å²) in [6, 6.07) is 7.57. The Balaban J connectivity index is 1.93. The maximum atomic E-state index is 12.4. The highest BCUT2D eigenvalue weighted by Crippen LogP contribution is 2.30. The average Bonchev–Trinajstić information content (AvgIpc) is 3.33. The molecule has 1 amide bonds. The highest BCUT2D eigenvalue weighted by Gasteiger charge is 2.33. The molecule has 1 aliphatic rings. The Morgan fingerprint density at radius 2 is 1.90 bits per heavy atom. The molecule has 0 saturated heterocycles. The van der Waals surface area contributed by atoms with Gasteiger partial charge in [-0.1, -0.05) is 13.8 Å². The summed E-state index contributed by atoms with van der Waals surface area (Å²) in [7, 11) is 0. The van der Waals surface area contributed by atoms with E-state index in [9.17, 15) is 4.79 Å². The van der Waals surface area contributed by atoms with E-state index in [4.69, 9.17) is 10.5 Å². The van der Waals surface area contributed by atoms with Crippen molar-refractivity contribution in [2.75, 3.05) is 18.5 Å². The summed E-state index contributed by atoms with van der Waals surface area (Å²) < 4.78 is 5.69. The molecule has 2 rings (SSSR count). The van der Waals surface area contributed by atoms with Gasteiger partial charge in [0.2, 0.25) is 5.91 Å². The van der Waals surface area contributed by atoms with Crippen LogP contribution in [0.2, 0.25) is 0 Å². The van der Waals surface area contributed by atoms with Gasteiger partial charge in [-0.2, -0.15) is 0 Å². The molecule has 3 N–H and O–H groups in total. The van der Waals surface area contributed by atoms with Gasteiger partial charge in [-0.15, -0.1) is 0 Å². The highest BCUT2D eigenvalue weighted by molar-refractivity contribution is 5.95. The summed E-state index contributed by atoms with van der Waals surface area (Å²) in [4.78, 5) is 12.4. The Bertz CT molecular complexity index is 454. The van der Waals surface area contributed by atoms with Crippen molar-refractivity contribution in [1.82, 2.24) is 0 Å². The third-order valence-electron chi connectivity index (χ3n) is 4.52. The fourth-order valence-corrected chi connectivity index (χ4v) is 2.35. The lowest BCUT2D eigenvalue weighted by Gasteiger charge is -2.28. The van der Waals surface area contributed by atoms with Gasteiger partial charge in [0.1, 0.15) is 5.75 Å². The number of nitrogens with two attached hydrogens (primary N) is 1. The lowest BCUT2D eigenvalue weighted by molar-refractivity contribution is -0.125. The van der Waals surface area contributed by atoms with Crippen molar-refractivity contribution in [2.45, 2.75) is 39.5 Å². The summed E-state index contributed by atoms with van der Waals surface area (Å²) in [5, 5.41) is 2.97. The van der Waals surface area contributed by atoms with Gasteiger partial charge in [-0.25, -0.2) is 0 Å². The Morgan fingerprint density at radius 3 is 2.38 bits per heavy atom. The topological polar surface area (TPSA) is 64.4 Å². The van der Waals surface area contributed by atoms with E-state index >= 15 is 0 Å². The van der Waals surface area contributed by atoms with Crippen LogP contribution in [0.5, 0.6) is 5.75 Å². The molecule has 0 radical (unpaired) electrons. The lowest BCUT2D eigenvalue weighted by atomic mass is 9.81. The van der Waals surface area contributed by atoms with Crippen LogP contribution in [-0.4, -0.2) is 19.1 Å². The maximum Gasteiger partial charge on any atom is 0.231 e. The van der Waals surface area contributed by atoms with Gasteiger partial charge in [0.15, 0.2) is 0 Å². The van der Waals surface area contributed by atoms with Crippen LogP contribution in [0.25, 0.3) is 0 Å². The molecule has 1 fully saturated rings. The van der Waals surface area contributed by atoms with Gasteiger partial charge in [-0.05, 0) is 55.9 Å². The second kappa shape index (κ2) is 6.94. The van der Waals surface area contributed by atoms with Gasteiger partial charge >= 0.3 is 0 Å². The number of anilines is 1. The highest BCUT2D eigenvalue weighted by atomic mass is 16.5. The number of hydrogen-bond acceptors (Lipinski definition) is 3. The van der Waals surface area contributed by atoms with E-state index in [1.54, 1.807) is 0 Å². The smallest absolute Gasteiger partial charge is 0.231 e. The van der Waals surface area contributed by atoms with Crippen molar-refractivity contribution in [3.05, 3.63) is 24.3 Å². The second-order valence-electron chi connectivity index (χ2n) is 5.92. The van der Waals surface area contributed by atoms with Crippen LogP contribution in [0, 0.1) is 11.3 Å². The van der Waals surface area contributed by atoms with Crippen LogP contribution in [0.4, 0.5) is 5.69 Å². The van der Waals surface area contributed by atoms with Crippen LogP contribution in [0.15, 0.2) is 24.3 Å². The second-order valence-corrected chi connectivity index (χ2v) is 5.92. The third kappa shape index (κ3) is 3.97. The van der Waals surface area contributed by atoms with Crippen LogP contribution < -0.4 is 15.8 Å². The number of carbonyl (C=O) groups excluding carboxylic acids is 1. The Morgan fingerprint density at radius 1 is 1.29 bits per heavy atom. The molecule has 0 unspecified atom stereocenters. The summed E-state index contributed by atoms with van der Waals surface area (Å²) in [5.41, 5.74) is 6.12. The molecule has 1 aliphatic carbocycles. The number of nitrogens with one attached hydrogen (secondary N) is 1. The van der Waals surface area contributed by atoms with Gasteiger partial charge in [0.05, 0.1) is 12.0 Å². The molecule has 0 spiro atoms. The number of hydrogen-bond donors (Lipinski definition) is 2. The van der Waals surface area contributed by atoms with Crippen LogP contribution in [0.3, 0.4) is 0 Å². The van der Waals surface area contributed by atoms with Crippen molar-refractivity contribution >= 4 is 11.6 Å². The summed E-state index contributed by atoms with van der Waals surface area (Å²) >= 11 is 0. The molecular formula is C17H26N2O2. The minimum atomic E-state index is -0.471. The molecule has 4 nitrogen and oxygen atoms in total.